The van der Waals surface area contributed by atoms with Crippen LogP contribution in [0.3, 0.4) is 0 Å². The molecule has 0 amide bonds. The lowest BCUT2D eigenvalue weighted by atomic mass is 10.1. The highest BCUT2D eigenvalue weighted by atomic mass is 31.2. The standard InChI is InChI=1S/C14H15O3P/c1-11-7-6-8-12(2)14(11)17-18(15,16)13-9-4-3-5-10-13/h3-10H,1-2H3,(H,15,16). The highest BCUT2D eigenvalue weighted by molar-refractivity contribution is 7.61. The second-order valence-corrected chi connectivity index (χ2v) is 5.91. The number of benzene rings is 2. The second kappa shape index (κ2) is 4.97. The number of rotatable bonds is 3. The zero-order valence-corrected chi connectivity index (χ0v) is 11.2. The molecule has 0 saturated carbocycles. The maximum Gasteiger partial charge on any atom is 0.408 e. The molecule has 0 aliphatic heterocycles. The van der Waals surface area contributed by atoms with Gasteiger partial charge in [0.1, 0.15) is 5.75 Å². The summed E-state index contributed by atoms with van der Waals surface area (Å²) in [6.45, 7) is 3.71. The Morgan fingerprint density at radius 1 is 0.944 bits per heavy atom. The van der Waals surface area contributed by atoms with Crippen molar-refractivity contribution in [3.63, 3.8) is 0 Å². The van der Waals surface area contributed by atoms with Gasteiger partial charge in [0.15, 0.2) is 0 Å². The summed E-state index contributed by atoms with van der Waals surface area (Å²) >= 11 is 0. The molecular formula is C14H15O3P. The van der Waals surface area contributed by atoms with Crippen molar-refractivity contribution < 1.29 is 14.0 Å². The van der Waals surface area contributed by atoms with Crippen LogP contribution in [0.2, 0.25) is 0 Å². The number of para-hydroxylation sites is 1. The first-order chi connectivity index (χ1) is 8.50. The first-order valence-corrected chi connectivity index (χ1v) is 7.23. The SMILES string of the molecule is Cc1cccc(C)c1OP(=O)(O)c1ccccc1. The minimum atomic E-state index is -3.82. The van der Waals surface area contributed by atoms with E-state index in [1.54, 1.807) is 30.3 Å². The Kier molecular flexibility index (Phi) is 3.55. The number of hydrogen-bond acceptors (Lipinski definition) is 2. The molecule has 0 aliphatic carbocycles. The Hall–Kier alpha value is -1.57. The fourth-order valence-corrected chi connectivity index (χ4v) is 2.93. The summed E-state index contributed by atoms with van der Waals surface area (Å²) in [6.07, 6.45) is 0. The lowest BCUT2D eigenvalue weighted by molar-refractivity contribution is 0.391. The Morgan fingerprint density at radius 3 is 2.06 bits per heavy atom. The van der Waals surface area contributed by atoms with Gasteiger partial charge < -0.3 is 9.42 Å². The van der Waals surface area contributed by atoms with Gasteiger partial charge in [-0.1, -0.05) is 36.4 Å². The van der Waals surface area contributed by atoms with Crippen LogP contribution in [0.1, 0.15) is 11.1 Å². The number of hydrogen-bond donors (Lipinski definition) is 1. The van der Waals surface area contributed by atoms with E-state index in [1.165, 1.54) is 0 Å². The van der Waals surface area contributed by atoms with Crippen LogP contribution in [0.5, 0.6) is 5.75 Å². The van der Waals surface area contributed by atoms with Crippen molar-refractivity contribution in [3.05, 3.63) is 59.7 Å². The van der Waals surface area contributed by atoms with Crippen LogP contribution in [0.25, 0.3) is 0 Å². The quantitative estimate of drug-likeness (QED) is 0.864. The van der Waals surface area contributed by atoms with Crippen molar-refractivity contribution in [1.29, 1.82) is 0 Å². The molecular weight excluding hydrogens is 247 g/mol. The van der Waals surface area contributed by atoms with E-state index in [-0.39, 0.29) is 0 Å². The Bertz CT molecular complexity index is 573. The fourth-order valence-electron chi connectivity index (χ4n) is 1.74. The summed E-state index contributed by atoms with van der Waals surface area (Å²) in [5.41, 5.74) is 1.69. The Labute approximate surface area is 107 Å². The minimum Gasteiger partial charge on any atom is -0.421 e. The molecule has 2 aromatic carbocycles. The molecule has 0 radical (unpaired) electrons. The zero-order chi connectivity index (χ0) is 13.2. The van der Waals surface area contributed by atoms with Gasteiger partial charge in [-0.3, -0.25) is 0 Å². The van der Waals surface area contributed by atoms with E-state index in [9.17, 15) is 9.46 Å². The van der Waals surface area contributed by atoms with Crippen LogP contribution in [-0.2, 0) is 4.57 Å². The molecule has 0 aromatic heterocycles. The van der Waals surface area contributed by atoms with Crippen LogP contribution in [0.15, 0.2) is 48.5 Å². The monoisotopic (exact) mass is 262 g/mol. The third kappa shape index (κ3) is 2.63. The molecule has 2 rings (SSSR count). The van der Waals surface area contributed by atoms with Crippen LogP contribution in [0, 0.1) is 13.8 Å². The van der Waals surface area contributed by atoms with E-state index >= 15 is 0 Å². The predicted octanol–water partition coefficient (Wildman–Crippen LogP) is 3.19. The average molecular weight is 262 g/mol. The average Bonchev–Trinajstić information content (AvgIpc) is 2.35. The van der Waals surface area contributed by atoms with Gasteiger partial charge in [-0.05, 0) is 37.1 Å². The lowest BCUT2D eigenvalue weighted by Gasteiger charge is -2.16. The summed E-state index contributed by atoms with van der Waals surface area (Å²) in [4.78, 5) is 10.0. The maximum absolute atomic E-state index is 12.2. The van der Waals surface area contributed by atoms with E-state index in [0.717, 1.165) is 11.1 Å². The molecule has 94 valence electrons. The van der Waals surface area contributed by atoms with Gasteiger partial charge in [-0.15, -0.1) is 0 Å². The second-order valence-electron chi connectivity index (χ2n) is 4.17. The Morgan fingerprint density at radius 2 is 1.50 bits per heavy atom. The normalized spacial score (nSPS) is 13.9. The van der Waals surface area contributed by atoms with E-state index in [0.29, 0.717) is 11.1 Å². The summed E-state index contributed by atoms with van der Waals surface area (Å²) in [6, 6.07) is 14.0. The summed E-state index contributed by atoms with van der Waals surface area (Å²) in [7, 11) is -3.82. The molecule has 2 aromatic rings. The lowest BCUT2D eigenvalue weighted by Crippen LogP contribution is -2.09. The van der Waals surface area contributed by atoms with Crippen molar-refractivity contribution >= 4 is 12.9 Å². The van der Waals surface area contributed by atoms with E-state index < -0.39 is 7.60 Å². The third-order valence-corrected chi connectivity index (χ3v) is 4.09. The van der Waals surface area contributed by atoms with E-state index in [2.05, 4.69) is 0 Å². The fraction of sp³-hybridized carbons (Fsp3) is 0.143. The zero-order valence-electron chi connectivity index (χ0n) is 10.3. The van der Waals surface area contributed by atoms with Crippen LogP contribution >= 0.6 is 7.60 Å². The summed E-state index contributed by atoms with van der Waals surface area (Å²) < 4.78 is 17.6. The molecule has 0 bridgehead atoms. The highest BCUT2D eigenvalue weighted by Gasteiger charge is 2.25. The molecule has 1 atom stereocenters. The first-order valence-electron chi connectivity index (χ1n) is 5.65. The predicted molar refractivity (Wildman–Crippen MR) is 72.4 cm³/mol. The first kappa shape index (κ1) is 12.9. The van der Waals surface area contributed by atoms with Gasteiger partial charge in [-0.25, -0.2) is 4.57 Å². The van der Waals surface area contributed by atoms with E-state index in [4.69, 9.17) is 4.52 Å². The van der Waals surface area contributed by atoms with Crippen molar-refractivity contribution in [2.75, 3.05) is 0 Å². The smallest absolute Gasteiger partial charge is 0.408 e. The van der Waals surface area contributed by atoms with Crippen molar-refractivity contribution in [2.45, 2.75) is 13.8 Å². The van der Waals surface area contributed by atoms with Crippen LogP contribution < -0.4 is 9.83 Å². The van der Waals surface area contributed by atoms with Gasteiger partial charge in [0, 0.05) is 0 Å². The van der Waals surface area contributed by atoms with Crippen LogP contribution in [-0.4, -0.2) is 4.89 Å². The van der Waals surface area contributed by atoms with Crippen molar-refractivity contribution in [3.8, 4) is 5.75 Å². The van der Waals surface area contributed by atoms with Gasteiger partial charge >= 0.3 is 7.60 Å². The summed E-state index contributed by atoms with van der Waals surface area (Å²) in [5.74, 6) is 0.479. The summed E-state index contributed by atoms with van der Waals surface area (Å²) in [5, 5.41) is 0.299. The highest BCUT2D eigenvalue weighted by Crippen LogP contribution is 2.43. The molecule has 1 unspecified atom stereocenters. The Balaban J connectivity index is 2.37. The largest absolute Gasteiger partial charge is 0.421 e. The van der Waals surface area contributed by atoms with Crippen molar-refractivity contribution in [1.82, 2.24) is 0 Å². The van der Waals surface area contributed by atoms with Gasteiger partial charge in [0.25, 0.3) is 0 Å². The number of aryl methyl sites for hydroxylation is 2. The maximum atomic E-state index is 12.2. The van der Waals surface area contributed by atoms with Gasteiger partial charge in [0.2, 0.25) is 0 Å². The van der Waals surface area contributed by atoms with E-state index in [1.807, 2.05) is 32.0 Å². The third-order valence-electron chi connectivity index (χ3n) is 2.71. The molecule has 0 aliphatic rings. The molecule has 1 N–H and O–H groups in total. The molecule has 0 heterocycles. The molecule has 0 spiro atoms. The van der Waals surface area contributed by atoms with Gasteiger partial charge in [-0.2, -0.15) is 0 Å². The molecule has 4 heteroatoms. The minimum absolute atomic E-state index is 0.299. The topological polar surface area (TPSA) is 46.5 Å². The molecule has 0 fully saturated rings. The molecule has 18 heavy (non-hydrogen) atoms. The van der Waals surface area contributed by atoms with Crippen LogP contribution in [0.4, 0.5) is 0 Å². The van der Waals surface area contributed by atoms with Crippen molar-refractivity contribution in [2.24, 2.45) is 0 Å². The van der Waals surface area contributed by atoms with Gasteiger partial charge in [0.05, 0.1) is 5.30 Å². The molecule has 3 nitrogen and oxygen atoms in total. The molecule has 0 saturated heterocycles.